The fourth-order valence-corrected chi connectivity index (χ4v) is 4.86. The van der Waals surface area contributed by atoms with E-state index in [1.807, 2.05) is 0 Å². The zero-order valence-electron chi connectivity index (χ0n) is 20.8. The fraction of sp³-hybridized carbons (Fsp3) is 0.750. The van der Waals surface area contributed by atoms with Gasteiger partial charge in [-0.1, -0.05) is 50.1 Å². The third-order valence-electron chi connectivity index (χ3n) is 7.65. The van der Waals surface area contributed by atoms with E-state index in [0.717, 1.165) is 44.9 Å². The molecule has 0 bridgehead atoms. The summed E-state index contributed by atoms with van der Waals surface area (Å²) >= 11 is 0. The number of fused-ring (bicyclic) bond motifs is 1. The molecule has 5 unspecified atom stereocenters. The van der Waals surface area contributed by atoms with E-state index in [1.54, 1.807) is 12.5 Å². The van der Waals surface area contributed by atoms with Crippen LogP contribution in [0.4, 0.5) is 0 Å². The second-order valence-electron chi connectivity index (χ2n) is 10.6. The lowest BCUT2D eigenvalue weighted by atomic mass is 9.74. The molecule has 3 heteroatoms. The van der Waals surface area contributed by atoms with E-state index < -0.39 is 5.97 Å². The van der Waals surface area contributed by atoms with E-state index in [9.17, 15) is 9.90 Å². The molecule has 0 N–H and O–H groups in total. The quantitative estimate of drug-likeness (QED) is 0.351. The van der Waals surface area contributed by atoms with Crippen LogP contribution in [0.2, 0.25) is 0 Å². The summed E-state index contributed by atoms with van der Waals surface area (Å²) in [6.45, 7) is 13.1. The zero-order valence-corrected chi connectivity index (χ0v) is 20.8. The highest BCUT2D eigenvalue weighted by Gasteiger charge is 2.40. The molecular formula is C28H45O3-. The Labute approximate surface area is 191 Å². The Balaban J connectivity index is 1.70. The summed E-state index contributed by atoms with van der Waals surface area (Å²) in [6.07, 6.45) is 18.0. The Morgan fingerprint density at radius 2 is 1.87 bits per heavy atom. The number of carbonyl (C=O) groups excluding carboxylic acids is 1. The lowest BCUT2D eigenvalue weighted by Gasteiger charge is -2.46. The summed E-state index contributed by atoms with van der Waals surface area (Å²) in [7, 11) is 0. The number of aliphatic carboxylic acids is 1. The van der Waals surface area contributed by atoms with Crippen molar-refractivity contribution in [1.29, 1.82) is 0 Å². The van der Waals surface area contributed by atoms with Crippen LogP contribution in [0.15, 0.2) is 34.9 Å². The molecule has 1 heterocycles. The van der Waals surface area contributed by atoms with Crippen molar-refractivity contribution in [2.24, 2.45) is 17.8 Å². The molecular weight excluding hydrogens is 384 g/mol. The Hall–Kier alpha value is -1.35. The van der Waals surface area contributed by atoms with Crippen molar-refractivity contribution in [2.75, 3.05) is 0 Å². The molecule has 2 rings (SSSR count). The minimum atomic E-state index is -0.945. The van der Waals surface area contributed by atoms with Crippen LogP contribution in [0.25, 0.3) is 0 Å². The second kappa shape index (κ2) is 12.0. The third kappa shape index (κ3) is 8.25. The van der Waals surface area contributed by atoms with Gasteiger partial charge in [0, 0.05) is 5.97 Å². The molecule has 31 heavy (non-hydrogen) atoms. The summed E-state index contributed by atoms with van der Waals surface area (Å²) in [5.74, 6) is 0.0288. The smallest absolute Gasteiger partial charge is 0.0820 e. The summed E-state index contributed by atoms with van der Waals surface area (Å²) in [4.78, 5) is 10.8. The molecule has 1 aliphatic carbocycles. The second-order valence-corrected chi connectivity index (χ2v) is 10.6. The van der Waals surface area contributed by atoms with Gasteiger partial charge in [0.05, 0.1) is 11.7 Å². The average Bonchev–Trinajstić information content (AvgIpc) is 2.71. The Morgan fingerprint density at radius 1 is 1.23 bits per heavy atom. The lowest BCUT2D eigenvalue weighted by Crippen LogP contribution is -2.44. The van der Waals surface area contributed by atoms with Gasteiger partial charge < -0.3 is 14.6 Å². The van der Waals surface area contributed by atoms with E-state index in [2.05, 4.69) is 52.8 Å². The molecule has 176 valence electrons. The molecule has 0 aromatic rings. The molecule has 0 spiro atoms. The number of hydrogen-bond acceptors (Lipinski definition) is 3. The molecule has 2 aliphatic rings. The van der Waals surface area contributed by atoms with Crippen LogP contribution in [0.3, 0.4) is 0 Å². The van der Waals surface area contributed by atoms with E-state index in [0.29, 0.717) is 24.4 Å². The van der Waals surface area contributed by atoms with Crippen molar-refractivity contribution in [3.8, 4) is 0 Å². The van der Waals surface area contributed by atoms with E-state index in [-0.39, 0.29) is 11.5 Å². The van der Waals surface area contributed by atoms with Crippen LogP contribution in [0.1, 0.15) is 106 Å². The topological polar surface area (TPSA) is 49.4 Å². The predicted molar refractivity (Wildman–Crippen MR) is 128 cm³/mol. The normalized spacial score (nSPS) is 30.5. The minimum Gasteiger partial charge on any atom is -0.550 e. The number of carboxylic acids is 1. The van der Waals surface area contributed by atoms with E-state index in [1.165, 1.54) is 24.0 Å². The van der Waals surface area contributed by atoms with Crippen molar-refractivity contribution in [1.82, 2.24) is 0 Å². The monoisotopic (exact) mass is 429 g/mol. The highest BCUT2D eigenvalue weighted by atomic mass is 16.5. The first-order valence-corrected chi connectivity index (χ1v) is 12.5. The van der Waals surface area contributed by atoms with Gasteiger partial charge in [-0.25, -0.2) is 0 Å². The van der Waals surface area contributed by atoms with Crippen LogP contribution in [0.5, 0.6) is 0 Å². The van der Waals surface area contributed by atoms with Crippen LogP contribution < -0.4 is 5.11 Å². The maximum Gasteiger partial charge on any atom is 0.0820 e. The predicted octanol–water partition coefficient (Wildman–Crippen LogP) is 6.54. The first-order valence-electron chi connectivity index (χ1n) is 12.5. The number of allylic oxidation sites excluding steroid dienone is 5. The third-order valence-corrected chi connectivity index (χ3v) is 7.65. The molecule has 1 aliphatic heterocycles. The minimum absolute atomic E-state index is 0.00599. The standard InChI is InChI=1S/C28H46O3/c1-20(12-8-14-23(4)27(29)30)10-7-11-21(2)13-9-18-28(6)19-17-25-16-15-22(3)24(5)26(25)31-28/h12-13,16,22-24,26H,7-11,14-15,17-19H2,1-6H3,(H,29,30)/p-1/b20-12+,21-13+. The van der Waals surface area contributed by atoms with Crippen molar-refractivity contribution in [3.63, 3.8) is 0 Å². The van der Waals surface area contributed by atoms with Gasteiger partial charge in [-0.05, 0) is 108 Å². The summed E-state index contributed by atoms with van der Waals surface area (Å²) < 4.78 is 6.68. The average molecular weight is 430 g/mol. The first kappa shape index (κ1) is 25.9. The molecule has 0 saturated carbocycles. The summed E-state index contributed by atoms with van der Waals surface area (Å²) in [6, 6.07) is 0. The van der Waals surface area contributed by atoms with Crippen LogP contribution in [-0.4, -0.2) is 17.7 Å². The molecule has 0 aromatic carbocycles. The molecule has 1 saturated heterocycles. The van der Waals surface area contributed by atoms with Crippen LogP contribution >= 0.6 is 0 Å². The van der Waals surface area contributed by atoms with Crippen LogP contribution in [0, 0.1) is 17.8 Å². The summed E-state index contributed by atoms with van der Waals surface area (Å²) in [5, 5.41) is 10.8. The van der Waals surface area contributed by atoms with Gasteiger partial charge in [0.2, 0.25) is 0 Å². The zero-order chi connectivity index (χ0) is 23.0. The maximum absolute atomic E-state index is 10.8. The van der Waals surface area contributed by atoms with E-state index in [4.69, 9.17) is 4.74 Å². The van der Waals surface area contributed by atoms with Gasteiger partial charge >= 0.3 is 0 Å². The largest absolute Gasteiger partial charge is 0.550 e. The van der Waals surface area contributed by atoms with Crippen molar-refractivity contribution in [2.45, 2.75) is 117 Å². The lowest BCUT2D eigenvalue weighted by molar-refractivity contribution is -0.311. The van der Waals surface area contributed by atoms with Crippen molar-refractivity contribution < 1.29 is 14.6 Å². The highest BCUT2D eigenvalue weighted by molar-refractivity contribution is 5.66. The highest BCUT2D eigenvalue weighted by Crippen LogP contribution is 2.43. The maximum atomic E-state index is 10.8. The van der Waals surface area contributed by atoms with Gasteiger partial charge in [-0.15, -0.1) is 0 Å². The Bertz CT molecular complexity index is 686. The molecule has 0 aromatic heterocycles. The Kier molecular flexibility index (Phi) is 10.1. The number of hydrogen-bond donors (Lipinski definition) is 0. The van der Waals surface area contributed by atoms with Gasteiger partial charge in [-0.3, -0.25) is 0 Å². The van der Waals surface area contributed by atoms with Gasteiger partial charge in [-0.2, -0.15) is 0 Å². The molecule has 3 nitrogen and oxygen atoms in total. The number of rotatable bonds is 11. The molecule has 5 atom stereocenters. The first-order chi connectivity index (χ1) is 14.6. The van der Waals surface area contributed by atoms with Gasteiger partial charge in [0.15, 0.2) is 0 Å². The van der Waals surface area contributed by atoms with Crippen molar-refractivity contribution in [3.05, 3.63) is 34.9 Å². The molecule has 0 amide bonds. The summed E-state index contributed by atoms with van der Waals surface area (Å²) in [5.41, 5.74) is 4.39. The van der Waals surface area contributed by atoms with Crippen LogP contribution in [-0.2, 0) is 9.53 Å². The van der Waals surface area contributed by atoms with E-state index >= 15 is 0 Å². The van der Waals surface area contributed by atoms with Crippen molar-refractivity contribution >= 4 is 5.97 Å². The number of carboxylic acid groups (broad SMARTS) is 1. The Morgan fingerprint density at radius 3 is 2.52 bits per heavy atom. The fourth-order valence-electron chi connectivity index (χ4n) is 4.86. The van der Waals surface area contributed by atoms with Gasteiger partial charge in [0.1, 0.15) is 0 Å². The molecule has 0 radical (unpaired) electrons. The van der Waals surface area contributed by atoms with Gasteiger partial charge in [0.25, 0.3) is 0 Å². The number of carbonyl (C=O) groups is 1. The number of ether oxygens (including phenoxy) is 1. The SMILES string of the molecule is C/C(=C\CCC(C)C(=O)[O-])CCC/C(C)=C/CCC1(C)CCC2=CCC(C)C(C)C2O1. The molecule has 1 fully saturated rings.